The van der Waals surface area contributed by atoms with Gasteiger partial charge in [-0.2, -0.15) is 0 Å². The highest BCUT2D eigenvalue weighted by atomic mass is 16.5. The summed E-state index contributed by atoms with van der Waals surface area (Å²) in [6, 6.07) is 14.8. The van der Waals surface area contributed by atoms with Crippen molar-refractivity contribution >= 4 is 18.0 Å². The van der Waals surface area contributed by atoms with Crippen LogP contribution in [0.1, 0.15) is 49.7 Å². The van der Waals surface area contributed by atoms with Crippen LogP contribution in [-0.4, -0.2) is 53.5 Å². The van der Waals surface area contributed by atoms with Gasteiger partial charge >= 0.3 is 12.1 Å². The van der Waals surface area contributed by atoms with Crippen LogP contribution in [0.5, 0.6) is 0 Å². The molecule has 8 heteroatoms. The first-order valence-corrected chi connectivity index (χ1v) is 12.1. The van der Waals surface area contributed by atoms with Crippen molar-refractivity contribution in [3.05, 3.63) is 59.7 Å². The van der Waals surface area contributed by atoms with E-state index < -0.39 is 35.5 Å². The number of hydrogen-bond donors (Lipinski definition) is 4. The van der Waals surface area contributed by atoms with Crippen molar-refractivity contribution < 1.29 is 29.3 Å². The van der Waals surface area contributed by atoms with E-state index in [0.717, 1.165) is 41.5 Å². The van der Waals surface area contributed by atoms with Gasteiger partial charge in [-0.1, -0.05) is 55.0 Å². The fourth-order valence-corrected chi connectivity index (χ4v) is 5.98. The van der Waals surface area contributed by atoms with Gasteiger partial charge in [-0.05, 0) is 53.9 Å². The van der Waals surface area contributed by atoms with E-state index in [1.165, 1.54) is 6.92 Å². The van der Waals surface area contributed by atoms with E-state index in [2.05, 4.69) is 22.8 Å². The van der Waals surface area contributed by atoms with Gasteiger partial charge in [-0.3, -0.25) is 4.79 Å². The van der Waals surface area contributed by atoms with Crippen LogP contribution < -0.4 is 10.6 Å². The van der Waals surface area contributed by atoms with E-state index in [9.17, 15) is 24.6 Å². The number of fused-ring (bicyclic) bond motifs is 3. The molecule has 0 aliphatic heterocycles. The predicted molar refractivity (Wildman–Crippen MR) is 128 cm³/mol. The fraction of sp³-hybridized carbons (Fsp3) is 0.444. The Hall–Kier alpha value is -3.39. The van der Waals surface area contributed by atoms with Gasteiger partial charge in [0.15, 0.2) is 6.04 Å². The second-order valence-electron chi connectivity index (χ2n) is 10.1. The lowest BCUT2D eigenvalue weighted by molar-refractivity contribution is -0.146. The number of nitrogens with one attached hydrogen (secondary N) is 2. The first kappa shape index (κ1) is 23.4. The van der Waals surface area contributed by atoms with Crippen LogP contribution in [-0.2, 0) is 14.3 Å². The Morgan fingerprint density at radius 2 is 1.66 bits per heavy atom. The molecule has 3 atom stereocenters. The van der Waals surface area contributed by atoms with Gasteiger partial charge in [-0.15, -0.1) is 0 Å². The Bertz CT molecular complexity index is 1130. The third-order valence-corrected chi connectivity index (χ3v) is 8.19. The summed E-state index contributed by atoms with van der Waals surface area (Å²) in [5.41, 5.74) is 3.43. The second-order valence-corrected chi connectivity index (χ2v) is 10.1. The van der Waals surface area contributed by atoms with Gasteiger partial charge in [0.05, 0.1) is 11.5 Å². The Labute approximate surface area is 203 Å². The summed E-state index contributed by atoms with van der Waals surface area (Å²) in [5.74, 6) is -1.80. The molecule has 2 saturated carbocycles. The van der Waals surface area contributed by atoms with Crippen LogP contribution in [0.3, 0.4) is 0 Å². The minimum Gasteiger partial charge on any atom is -0.480 e. The maximum absolute atomic E-state index is 13.1. The molecular formula is C27H30N2O6. The SMILES string of the molecule is CC(O)C(NC(=O)C1(CNC(=O)OCC2c3ccccc3-c3ccccc32)CC12CCC2)C(=O)O. The van der Waals surface area contributed by atoms with E-state index >= 15 is 0 Å². The van der Waals surface area contributed by atoms with Crippen molar-refractivity contribution in [3.63, 3.8) is 0 Å². The molecule has 2 fully saturated rings. The van der Waals surface area contributed by atoms with Gasteiger partial charge < -0.3 is 25.6 Å². The predicted octanol–water partition coefficient (Wildman–Crippen LogP) is 3.04. The number of alkyl carbamates (subject to hydrolysis) is 1. The molecule has 1 spiro atoms. The number of carboxylic acids is 1. The van der Waals surface area contributed by atoms with E-state index in [0.29, 0.717) is 6.42 Å². The maximum Gasteiger partial charge on any atom is 0.407 e. The summed E-state index contributed by atoms with van der Waals surface area (Å²) in [6.45, 7) is 1.57. The van der Waals surface area contributed by atoms with E-state index in [-0.39, 0.29) is 24.5 Å². The maximum atomic E-state index is 13.1. The molecule has 2 aromatic rings. The molecular weight excluding hydrogens is 448 g/mol. The van der Waals surface area contributed by atoms with E-state index in [4.69, 9.17) is 4.74 Å². The van der Waals surface area contributed by atoms with Crippen LogP contribution in [0.2, 0.25) is 0 Å². The van der Waals surface area contributed by atoms with Crippen molar-refractivity contribution in [3.8, 4) is 11.1 Å². The lowest BCUT2D eigenvalue weighted by Crippen LogP contribution is -2.53. The zero-order chi connectivity index (χ0) is 24.8. The molecule has 0 aromatic heterocycles. The van der Waals surface area contributed by atoms with Crippen LogP contribution >= 0.6 is 0 Å². The van der Waals surface area contributed by atoms with Crippen molar-refractivity contribution in [1.82, 2.24) is 10.6 Å². The largest absolute Gasteiger partial charge is 0.480 e. The molecule has 0 bridgehead atoms. The summed E-state index contributed by atoms with van der Waals surface area (Å²) in [6.07, 6.45) is 1.46. The molecule has 5 rings (SSSR count). The zero-order valence-corrected chi connectivity index (χ0v) is 19.6. The summed E-state index contributed by atoms with van der Waals surface area (Å²) in [4.78, 5) is 37.3. The first-order chi connectivity index (χ1) is 16.8. The van der Waals surface area contributed by atoms with Crippen LogP contribution in [0, 0.1) is 10.8 Å². The van der Waals surface area contributed by atoms with Crippen molar-refractivity contribution in [2.45, 2.75) is 50.7 Å². The Kier molecular flexibility index (Phi) is 5.79. The molecule has 0 heterocycles. The number of ether oxygens (including phenoxy) is 1. The number of aliphatic hydroxyl groups is 1. The lowest BCUT2D eigenvalue weighted by Gasteiger charge is -2.33. The molecule has 2 aromatic carbocycles. The van der Waals surface area contributed by atoms with Gasteiger partial charge in [0.1, 0.15) is 6.61 Å². The van der Waals surface area contributed by atoms with Crippen LogP contribution in [0.4, 0.5) is 4.79 Å². The highest BCUT2D eigenvalue weighted by Gasteiger charge is 2.73. The Morgan fingerprint density at radius 3 is 2.14 bits per heavy atom. The number of hydrogen-bond acceptors (Lipinski definition) is 5. The Morgan fingerprint density at radius 1 is 1.06 bits per heavy atom. The number of amides is 2. The van der Waals surface area contributed by atoms with Gasteiger partial charge in [0.25, 0.3) is 0 Å². The van der Waals surface area contributed by atoms with Gasteiger partial charge in [0, 0.05) is 12.5 Å². The average Bonchev–Trinajstić information content (AvgIpc) is 3.44. The van der Waals surface area contributed by atoms with Crippen molar-refractivity contribution in [2.24, 2.45) is 10.8 Å². The molecule has 3 unspecified atom stereocenters. The van der Waals surface area contributed by atoms with Crippen LogP contribution in [0.25, 0.3) is 11.1 Å². The Balaban J connectivity index is 1.23. The fourth-order valence-electron chi connectivity index (χ4n) is 5.98. The molecule has 35 heavy (non-hydrogen) atoms. The molecule has 0 saturated heterocycles. The number of benzene rings is 2. The molecule has 2 amide bonds. The molecule has 184 valence electrons. The minimum atomic E-state index is -1.40. The third-order valence-electron chi connectivity index (χ3n) is 8.19. The highest BCUT2D eigenvalue weighted by Crippen LogP contribution is 2.73. The van der Waals surface area contributed by atoms with Crippen molar-refractivity contribution in [2.75, 3.05) is 13.2 Å². The van der Waals surface area contributed by atoms with E-state index in [1.807, 2.05) is 36.4 Å². The molecule has 3 aliphatic rings. The summed E-state index contributed by atoms with van der Waals surface area (Å²) >= 11 is 0. The summed E-state index contributed by atoms with van der Waals surface area (Å²) in [7, 11) is 0. The second kappa shape index (κ2) is 8.68. The number of carboxylic acid groups (broad SMARTS) is 1. The summed E-state index contributed by atoms with van der Waals surface area (Å²) < 4.78 is 5.60. The van der Waals surface area contributed by atoms with Gasteiger partial charge in [0.2, 0.25) is 5.91 Å². The standard InChI is InChI=1S/C27H30N2O6/c1-16(30)22(23(31)32)29-24(33)27(14-26(27)11-6-12-26)15-28-25(34)35-13-21-19-9-4-2-7-17(19)18-8-3-5-10-20(18)21/h2-5,7-10,16,21-22,30H,6,11-15H2,1H3,(H,28,34)(H,29,33)(H,31,32). The lowest BCUT2D eigenvalue weighted by atomic mass is 9.74. The smallest absolute Gasteiger partial charge is 0.407 e. The van der Waals surface area contributed by atoms with Crippen LogP contribution in [0.15, 0.2) is 48.5 Å². The monoisotopic (exact) mass is 478 g/mol. The van der Waals surface area contributed by atoms with Crippen molar-refractivity contribution in [1.29, 1.82) is 0 Å². The number of aliphatic carboxylic acids is 1. The topological polar surface area (TPSA) is 125 Å². The number of aliphatic hydroxyl groups excluding tert-OH is 1. The molecule has 0 radical (unpaired) electrons. The van der Waals surface area contributed by atoms with E-state index in [1.54, 1.807) is 0 Å². The highest BCUT2D eigenvalue weighted by molar-refractivity contribution is 5.91. The third kappa shape index (κ3) is 3.86. The number of carbonyl (C=O) groups is 3. The summed E-state index contributed by atoms with van der Waals surface area (Å²) in [5, 5.41) is 24.4. The normalized spacial score (nSPS) is 22.8. The molecule has 8 nitrogen and oxygen atoms in total. The number of rotatable bonds is 8. The number of carbonyl (C=O) groups excluding carboxylic acids is 2. The average molecular weight is 479 g/mol. The molecule has 3 aliphatic carbocycles. The minimum absolute atomic E-state index is 0.0633. The zero-order valence-electron chi connectivity index (χ0n) is 19.6. The quantitative estimate of drug-likeness (QED) is 0.462. The van der Waals surface area contributed by atoms with Gasteiger partial charge in [-0.25, -0.2) is 9.59 Å². The molecule has 4 N–H and O–H groups in total. The first-order valence-electron chi connectivity index (χ1n) is 12.1.